The molecule has 0 aromatic heterocycles. The number of fused-ring (bicyclic) bond motifs is 1. The fraction of sp³-hybridized carbons (Fsp3) is 0.222. The van der Waals surface area contributed by atoms with Crippen molar-refractivity contribution in [1.82, 2.24) is 0 Å². The van der Waals surface area contributed by atoms with E-state index in [-0.39, 0.29) is 11.7 Å². The number of halogens is 1. The van der Waals surface area contributed by atoms with Gasteiger partial charge in [-0.25, -0.2) is 0 Å². The Bertz CT molecular complexity index is 772. The van der Waals surface area contributed by atoms with Gasteiger partial charge in [-0.15, -0.1) is 0 Å². The van der Waals surface area contributed by atoms with Gasteiger partial charge in [0.15, 0.2) is 11.5 Å². The fourth-order valence-corrected chi connectivity index (χ4v) is 2.95. The second-order valence-corrected chi connectivity index (χ2v) is 6.27. The third-order valence-corrected chi connectivity index (χ3v) is 4.27. The molecule has 23 heavy (non-hydrogen) atoms. The molecule has 0 fully saturated rings. The normalized spacial score (nSPS) is 16.5. The standard InChI is InChI=1S/C18H17BrN2O2/c1-23-18-6-12(2-5-17(18)22)8-20-10-14-11-21-9-13-3-4-15(19)7-16(13)14/h2-7,10-11,14,22H,8-9H2,1H3. The lowest BCUT2D eigenvalue weighted by molar-refractivity contribution is 0.373. The minimum Gasteiger partial charge on any atom is -0.504 e. The van der Waals surface area contributed by atoms with Gasteiger partial charge in [-0.3, -0.25) is 9.98 Å². The molecule has 0 aliphatic carbocycles. The number of phenolic OH excluding ortho intramolecular Hbond substituents is 1. The van der Waals surface area contributed by atoms with E-state index in [1.54, 1.807) is 12.1 Å². The van der Waals surface area contributed by atoms with Crippen molar-refractivity contribution in [3.63, 3.8) is 0 Å². The summed E-state index contributed by atoms with van der Waals surface area (Å²) in [7, 11) is 1.54. The van der Waals surface area contributed by atoms with Crippen LogP contribution in [0.15, 0.2) is 50.9 Å². The SMILES string of the molecule is COc1cc(CN=CC2C=NCc3ccc(Br)cc32)ccc1O. The largest absolute Gasteiger partial charge is 0.504 e. The zero-order chi connectivity index (χ0) is 16.2. The molecule has 0 radical (unpaired) electrons. The molecule has 0 saturated carbocycles. The minimum absolute atomic E-state index is 0.0928. The quantitative estimate of drug-likeness (QED) is 0.821. The first-order chi connectivity index (χ1) is 11.2. The monoisotopic (exact) mass is 372 g/mol. The van der Waals surface area contributed by atoms with Crippen molar-refractivity contribution in [3.05, 3.63) is 57.6 Å². The van der Waals surface area contributed by atoms with Gasteiger partial charge in [0.1, 0.15) is 0 Å². The molecular formula is C18H17BrN2O2. The maximum absolute atomic E-state index is 9.61. The summed E-state index contributed by atoms with van der Waals surface area (Å²) in [5, 5.41) is 9.61. The van der Waals surface area contributed by atoms with Crippen LogP contribution < -0.4 is 4.74 Å². The average Bonchev–Trinajstić information content (AvgIpc) is 2.56. The number of methoxy groups -OCH3 is 1. The number of benzene rings is 2. The number of hydrogen-bond acceptors (Lipinski definition) is 4. The molecule has 118 valence electrons. The van der Waals surface area contributed by atoms with Crippen molar-refractivity contribution in [2.75, 3.05) is 7.11 Å². The molecule has 0 bridgehead atoms. The fourth-order valence-electron chi connectivity index (χ4n) is 2.58. The Kier molecular flexibility index (Phi) is 4.76. The van der Waals surface area contributed by atoms with Crippen LogP contribution in [0.25, 0.3) is 0 Å². The first-order valence-electron chi connectivity index (χ1n) is 7.31. The molecule has 5 heteroatoms. The van der Waals surface area contributed by atoms with E-state index in [4.69, 9.17) is 4.74 Å². The van der Waals surface area contributed by atoms with Crippen molar-refractivity contribution in [2.45, 2.75) is 19.0 Å². The molecule has 0 amide bonds. The zero-order valence-corrected chi connectivity index (χ0v) is 14.3. The van der Waals surface area contributed by atoms with E-state index < -0.39 is 0 Å². The number of nitrogens with zero attached hydrogens (tertiary/aromatic N) is 2. The Labute approximate surface area is 143 Å². The molecule has 0 spiro atoms. The molecule has 2 aromatic rings. The van der Waals surface area contributed by atoms with Crippen molar-refractivity contribution < 1.29 is 9.84 Å². The van der Waals surface area contributed by atoms with E-state index in [0.717, 1.165) is 16.6 Å². The lowest BCUT2D eigenvalue weighted by Gasteiger charge is -2.17. The van der Waals surface area contributed by atoms with Crippen LogP contribution in [0.4, 0.5) is 0 Å². The Morgan fingerprint density at radius 3 is 3.04 bits per heavy atom. The number of aromatic hydroxyl groups is 1. The van der Waals surface area contributed by atoms with Crippen molar-refractivity contribution in [3.8, 4) is 11.5 Å². The Balaban J connectivity index is 1.75. The van der Waals surface area contributed by atoms with Crippen LogP contribution in [0.5, 0.6) is 11.5 Å². The maximum Gasteiger partial charge on any atom is 0.160 e. The van der Waals surface area contributed by atoms with Crippen molar-refractivity contribution in [2.24, 2.45) is 9.98 Å². The van der Waals surface area contributed by atoms with E-state index in [1.807, 2.05) is 24.6 Å². The lowest BCUT2D eigenvalue weighted by atomic mass is 9.94. The van der Waals surface area contributed by atoms with E-state index >= 15 is 0 Å². The van der Waals surface area contributed by atoms with Crippen LogP contribution >= 0.6 is 15.9 Å². The predicted octanol–water partition coefficient (Wildman–Crippen LogP) is 4.10. The van der Waals surface area contributed by atoms with Crippen LogP contribution in [-0.4, -0.2) is 24.6 Å². The van der Waals surface area contributed by atoms with Crippen LogP contribution in [-0.2, 0) is 13.1 Å². The van der Waals surface area contributed by atoms with E-state index in [0.29, 0.717) is 12.3 Å². The summed E-state index contributed by atoms with van der Waals surface area (Å²) >= 11 is 3.52. The number of rotatable bonds is 4. The summed E-state index contributed by atoms with van der Waals surface area (Å²) in [5.41, 5.74) is 3.46. The van der Waals surface area contributed by atoms with Gasteiger partial charge in [0.2, 0.25) is 0 Å². The molecule has 1 atom stereocenters. The molecule has 1 N–H and O–H groups in total. The third-order valence-electron chi connectivity index (χ3n) is 3.78. The number of phenols is 1. The highest BCUT2D eigenvalue weighted by atomic mass is 79.9. The first-order valence-corrected chi connectivity index (χ1v) is 8.11. The van der Waals surface area contributed by atoms with Gasteiger partial charge in [0.05, 0.1) is 26.1 Å². The molecule has 1 heterocycles. The molecule has 2 aromatic carbocycles. The molecule has 1 aliphatic heterocycles. The van der Waals surface area contributed by atoms with Gasteiger partial charge >= 0.3 is 0 Å². The van der Waals surface area contributed by atoms with E-state index in [2.05, 4.69) is 38.0 Å². The number of ether oxygens (including phenoxy) is 1. The number of hydrogen-bond donors (Lipinski definition) is 1. The van der Waals surface area contributed by atoms with Gasteiger partial charge in [-0.2, -0.15) is 0 Å². The number of aliphatic imine (C=N–C) groups is 2. The Morgan fingerprint density at radius 1 is 1.35 bits per heavy atom. The highest BCUT2D eigenvalue weighted by Crippen LogP contribution is 2.28. The topological polar surface area (TPSA) is 54.2 Å². The van der Waals surface area contributed by atoms with Crippen LogP contribution in [0.1, 0.15) is 22.6 Å². The third kappa shape index (κ3) is 3.62. The van der Waals surface area contributed by atoms with Crippen molar-refractivity contribution >= 4 is 28.4 Å². The smallest absolute Gasteiger partial charge is 0.160 e. The molecule has 4 nitrogen and oxygen atoms in total. The molecule has 3 rings (SSSR count). The van der Waals surface area contributed by atoms with Gasteiger partial charge in [0, 0.05) is 16.9 Å². The molecule has 1 aliphatic rings. The Hall–Kier alpha value is -2.14. The second kappa shape index (κ2) is 6.96. The summed E-state index contributed by atoms with van der Waals surface area (Å²) in [6, 6.07) is 11.5. The highest BCUT2D eigenvalue weighted by Gasteiger charge is 2.15. The van der Waals surface area contributed by atoms with E-state index in [1.165, 1.54) is 18.2 Å². The maximum atomic E-state index is 9.61. The minimum atomic E-state index is 0.0928. The second-order valence-electron chi connectivity index (χ2n) is 5.35. The first kappa shape index (κ1) is 15.7. The molecule has 0 saturated heterocycles. The Morgan fingerprint density at radius 2 is 2.22 bits per heavy atom. The highest BCUT2D eigenvalue weighted by molar-refractivity contribution is 9.10. The van der Waals surface area contributed by atoms with Gasteiger partial charge in [0.25, 0.3) is 0 Å². The van der Waals surface area contributed by atoms with Crippen LogP contribution in [0.2, 0.25) is 0 Å². The van der Waals surface area contributed by atoms with Gasteiger partial charge in [-0.1, -0.05) is 28.1 Å². The average molecular weight is 373 g/mol. The lowest BCUT2D eigenvalue weighted by Crippen LogP contribution is -2.10. The van der Waals surface area contributed by atoms with Crippen LogP contribution in [0.3, 0.4) is 0 Å². The van der Waals surface area contributed by atoms with Gasteiger partial charge < -0.3 is 9.84 Å². The zero-order valence-electron chi connectivity index (χ0n) is 12.7. The molecular weight excluding hydrogens is 356 g/mol. The van der Waals surface area contributed by atoms with Crippen LogP contribution in [0, 0.1) is 0 Å². The predicted molar refractivity (Wildman–Crippen MR) is 95.9 cm³/mol. The summed E-state index contributed by atoms with van der Waals surface area (Å²) < 4.78 is 6.18. The summed E-state index contributed by atoms with van der Waals surface area (Å²) in [5.74, 6) is 0.694. The van der Waals surface area contributed by atoms with E-state index in [9.17, 15) is 5.11 Å². The van der Waals surface area contributed by atoms with Gasteiger partial charge in [-0.05, 0) is 41.0 Å². The summed E-state index contributed by atoms with van der Waals surface area (Å²) in [4.78, 5) is 8.94. The van der Waals surface area contributed by atoms with Crippen molar-refractivity contribution in [1.29, 1.82) is 0 Å². The summed E-state index contributed by atoms with van der Waals surface area (Å²) in [6.07, 6.45) is 3.86. The summed E-state index contributed by atoms with van der Waals surface area (Å²) in [6.45, 7) is 1.26. The molecule has 1 unspecified atom stereocenters.